The summed E-state index contributed by atoms with van der Waals surface area (Å²) >= 11 is 6.01. The molecule has 2 aromatic carbocycles. The first kappa shape index (κ1) is 19.8. The van der Waals surface area contributed by atoms with E-state index in [4.69, 9.17) is 11.6 Å². The van der Waals surface area contributed by atoms with Crippen molar-refractivity contribution in [3.05, 3.63) is 82.6 Å². The first-order valence-electron chi connectivity index (χ1n) is 9.26. The van der Waals surface area contributed by atoms with Crippen molar-refractivity contribution in [2.75, 3.05) is 23.3 Å². The van der Waals surface area contributed by atoms with Crippen LogP contribution in [0.15, 0.2) is 60.8 Å². The molecule has 0 aliphatic carbocycles. The highest BCUT2D eigenvalue weighted by Crippen LogP contribution is 2.18. The Kier molecular flexibility index (Phi) is 6.61. The fourth-order valence-electron chi connectivity index (χ4n) is 2.95. The van der Waals surface area contributed by atoms with Gasteiger partial charge in [0.25, 0.3) is 5.91 Å². The maximum Gasteiger partial charge on any atom is 0.277 e. The molecule has 1 heterocycles. The molecule has 0 spiro atoms. The van der Waals surface area contributed by atoms with Gasteiger partial charge in [-0.3, -0.25) is 4.79 Å². The van der Waals surface area contributed by atoms with Gasteiger partial charge in [0.2, 0.25) is 5.95 Å². The van der Waals surface area contributed by atoms with Crippen molar-refractivity contribution in [1.29, 1.82) is 0 Å². The van der Waals surface area contributed by atoms with Gasteiger partial charge in [-0.1, -0.05) is 35.9 Å². The number of hydrogen-bond acceptors (Lipinski definition) is 4. The van der Waals surface area contributed by atoms with E-state index in [0.29, 0.717) is 24.7 Å². The van der Waals surface area contributed by atoms with Crippen molar-refractivity contribution < 1.29 is 4.79 Å². The third-order valence-corrected chi connectivity index (χ3v) is 4.57. The van der Waals surface area contributed by atoms with Gasteiger partial charge >= 0.3 is 0 Å². The Hall–Kier alpha value is -2.92. The summed E-state index contributed by atoms with van der Waals surface area (Å²) in [6.07, 6.45) is 2.39. The van der Waals surface area contributed by atoms with Gasteiger partial charge in [-0.15, -0.1) is 0 Å². The number of nitrogens with one attached hydrogen (secondary N) is 1. The summed E-state index contributed by atoms with van der Waals surface area (Å²) < 4.78 is 0. The van der Waals surface area contributed by atoms with Gasteiger partial charge < -0.3 is 10.2 Å². The van der Waals surface area contributed by atoms with Crippen LogP contribution in [-0.4, -0.2) is 29.0 Å². The Balaban J connectivity index is 1.68. The Morgan fingerprint density at radius 2 is 1.96 bits per heavy atom. The lowest BCUT2D eigenvalue weighted by molar-refractivity contribution is 0.0983. The molecule has 144 valence electrons. The molecule has 0 unspecified atom stereocenters. The topological polar surface area (TPSA) is 58.1 Å². The van der Waals surface area contributed by atoms with Gasteiger partial charge in [-0.25, -0.2) is 9.97 Å². The summed E-state index contributed by atoms with van der Waals surface area (Å²) in [4.78, 5) is 23.3. The minimum Gasteiger partial charge on any atom is -0.354 e. The number of carbonyl (C=O) groups excluding carboxylic acids is 1. The molecule has 0 aliphatic rings. The van der Waals surface area contributed by atoms with Crippen LogP contribution in [0.1, 0.15) is 28.5 Å². The van der Waals surface area contributed by atoms with Gasteiger partial charge in [0.05, 0.1) is 0 Å². The number of halogens is 1. The molecule has 5 nitrogen and oxygen atoms in total. The summed E-state index contributed by atoms with van der Waals surface area (Å²) in [5.41, 5.74) is 3.46. The number of carbonyl (C=O) groups is 1. The summed E-state index contributed by atoms with van der Waals surface area (Å²) in [5.74, 6) is 0.293. The van der Waals surface area contributed by atoms with Crippen LogP contribution in [0.2, 0.25) is 5.02 Å². The molecule has 0 aliphatic heterocycles. The highest BCUT2D eigenvalue weighted by Gasteiger charge is 2.18. The summed E-state index contributed by atoms with van der Waals surface area (Å²) in [5, 5.41) is 3.90. The zero-order chi connectivity index (χ0) is 19.9. The minimum absolute atomic E-state index is 0.145. The lowest BCUT2D eigenvalue weighted by Crippen LogP contribution is -2.31. The normalized spacial score (nSPS) is 10.5. The fourth-order valence-corrected chi connectivity index (χ4v) is 3.16. The lowest BCUT2D eigenvalue weighted by Gasteiger charge is -2.21. The van der Waals surface area contributed by atoms with E-state index in [0.717, 1.165) is 28.3 Å². The van der Waals surface area contributed by atoms with Gasteiger partial charge in [0, 0.05) is 30.0 Å². The average molecular weight is 395 g/mol. The SMILES string of the molecule is CCN(C(=O)c1ccnc(NCCc2cccc(Cl)c2)n1)c1cccc(C)c1. The predicted octanol–water partition coefficient (Wildman–Crippen LogP) is 4.76. The molecule has 0 fully saturated rings. The molecule has 0 saturated carbocycles. The van der Waals surface area contributed by atoms with Crippen molar-refractivity contribution in [1.82, 2.24) is 9.97 Å². The van der Waals surface area contributed by atoms with E-state index in [1.54, 1.807) is 17.2 Å². The van der Waals surface area contributed by atoms with Crippen LogP contribution in [0.25, 0.3) is 0 Å². The number of aromatic nitrogens is 2. The molecule has 0 atom stereocenters. The molecule has 1 amide bonds. The van der Waals surface area contributed by atoms with Crippen LogP contribution in [0.3, 0.4) is 0 Å². The lowest BCUT2D eigenvalue weighted by atomic mass is 10.1. The highest BCUT2D eigenvalue weighted by atomic mass is 35.5. The second-order valence-electron chi connectivity index (χ2n) is 6.46. The molecular formula is C22H23ClN4O. The standard InChI is InChI=1S/C22H23ClN4O/c1-3-27(19-9-4-6-16(2)14-19)21(28)20-11-13-25-22(26-20)24-12-10-17-7-5-8-18(23)15-17/h4-9,11,13-15H,3,10,12H2,1-2H3,(H,24,25,26). The van der Waals surface area contributed by atoms with E-state index < -0.39 is 0 Å². The second-order valence-corrected chi connectivity index (χ2v) is 6.90. The largest absolute Gasteiger partial charge is 0.354 e. The van der Waals surface area contributed by atoms with Crippen LogP contribution < -0.4 is 10.2 Å². The smallest absolute Gasteiger partial charge is 0.277 e. The fraction of sp³-hybridized carbons (Fsp3) is 0.227. The van der Waals surface area contributed by atoms with Crippen molar-refractivity contribution in [3.63, 3.8) is 0 Å². The van der Waals surface area contributed by atoms with Crippen molar-refractivity contribution in [3.8, 4) is 0 Å². The highest BCUT2D eigenvalue weighted by molar-refractivity contribution is 6.30. The van der Waals surface area contributed by atoms with E-state index in [9.17, 15) is 4.79 Å². The third kappa shape index (κ3) is 5.08. The summed E-state index contributed by atoms with van der Waals surface area (Å²) in [6, 6.07) is 17.3. The first-order valence-corrected chi connectivity index (χ1v) is 9.64. The number of amides is 1. The number of benzene rings is 2. The third-order valence-electron chi connectivity index (χ3n) is 4.34. The van der Waals surface area contributed by atoms with Crippen LogP contribution in [0, 0.1) is 6.92 Å². The van der Waals surface area contributed by atoms with E-state index in [1.165, 1.54) is 0 Å². The Morgan fingerprint density at radius 3 is 2.71 bits per heavy atom. The van der Waals surface area contributed by atoms with E-state index >= 15 is 0 Å². The molecule has 0 saturated heterocycles. The maximum atomic E-state index is 13.0. The van der Waals surface area contributed by atoms with Gasteiger partial charge in [0.1, 0.15) is 5.69 Å². The molecule has 3 aromatic rings. The molecule has 1 N–H and O–H groups in total. The van der Waals surface area contributed by atoms with Crippen molar-refractivity contribution in [2.24, 2.45) is 0 Å². The van der Waals surface area contributed by atoms with Crippen molar-refractivity contribution in [2.45, 2.75) is 20.3 Å². The van der Waals surface area contributed by atoms with Crippen molar-refractivity contribution >= 4 is 29.1 Å². The molecule has 28 heavy (non-hydrogen) atoms. The quantitative estimate of drug-likeness (QED) is 0.627. The second kappa shape index (κ2) is 9.33. The first-order chi connectivity index (χ1) is 13.6. The van der Waals surface area contributed by atoms with Gasteiger partial charge in [-0.05, 0) is 61.7 Å². The predicted molar refractivity (Wildman–Crippen MR) is 114 cm³/mol. The molecule has 0 bridgehead atoms. The number of nitrogens with zero attached hydrogens (tertiary/aromatic N) is 3. The summed E-state index contributed by atoms with van der Waals surface area (Å²) in [6.45, 7) is 5.16. The average Bonchev–Trinajstić information content (AvgIpc) is 2.69. The zero-order valence-corrected chi connectivity index (χ0v) is 16.8. The molecular weight excluding hydrogens is 372 g/mol. The van der Waals surface area contributed by atoms with Crippen LogP contribution >= 0.6 is 11.6 Å². The van der Waals surface area contributed by atoms with Gasteiger partial charge in [0.15, 0.2) is 0 Å². The number of hydrogen-bond donors (Lipinski definition) is 1. The number of rotatable bonds is 7. The van der Waals surface area contributed by atoms with E-state index in [-0.39, 0.29) is 5.91 Å². The Morgan fingerprint density at radius 1 is 1.14 bits per heavy atom. The summed E-state index contributed by atoms with van der Waals surface area (Å²) in [7, 11) is 0. The monoisotopic (exact) mass is 394 g/mol. The van der Waals surface area contributed by atoms with Gasteiger partial charge in [-0.2, -0.15) is 0 Å². The molecule has 6 heteroatoms. The molecule has 3 rings (SSSR count). The Bertz CT molecular complexity index is 961. The maximum absolute atomic E-state index is 13.0. The minimum atomic E-state index is -0.145. The number of aryl methyl sites for hydroxylation is 1. The zero-order valence-electron chi connectivity index (χ0n) is 16.0. The van der Waals surface area contributed by atoms with E-state index in [1.807, 2.05) is 62.4 Å². The number of anilines is 2. The van der Waals surface area contributed by atoms with E-state index in [2.05, 4.69) is 15.3 Å². The van der Waals surface area contributed by atoms with Crippen LogP contribution in [-0.2, 0) is 6.42 Å². The van der Waals surface area contributed by atoms with Crippen LogP contribution in [0.5, 0.6) is 0 Å². The van der Waals surface area contributed by atoms with Crippen LogP contribution in [0.4, 0.5) is 11.6 Å². The Labute approximate surface area is 170 Å². The molecule has 1 aromatic heterocycles. The molecule has 0 radical (unpaired) electrons.